The second kappa shape index (κ2) is 7.34. The molecule has 0 radical (unpaired) electrons. The Morgan fingerprint density at radius 3 is 2.79 bits per heavy atom. The lowest BCUT2D eigenvalue weighted by molar-refractivity contribution is 0.835. The second-order valence-electron chi connectivity index (χ2n) is 6.33. The highest BCUT2D eigenvalue weighted by Gasteiger charge is 2.20. The average molecular weight is 477 g/mol. The molecule has 3 heterocycles. The number of thiophene rings is 1. The highest BCUT2D eigenvalue weighted by molar-refractivity contribution is 9.10. The number of halogens is 1. The largest absolute Gasteiger partial charge is 0.335 e. The molecule has 0 spiro atoms. The van der Waals surface area contributed by atoms with Crippen LogP contribution >= 0.6 is 39.0 Å². The van der Waals surface area contributed by atoms with Crippen LogP contribution < -0.4 is 11.4 Å². The van der Waals surface area contributed by atoms with Crippen LogP contribution in [-0.4, -0.2) is 24.8 Å². The van der Waals surface area contributed by atoms with E-state index in [0.717, 1.165) is 25.3 Å². The fourth-order valence-corrected chi connectivity index (χ4v) is 5.19. The first-order valence-corrected chi connectivity index (χ1v) is 11.0. The number of nitrogen functional groups attached to an aromatic ring is 1. The van der Waals surface area contributed by atoms with Gasteiger partial charge in [0.1, 0.15) is 10.7 Å². The number of H-pyrrole nitrogens is 1. The zero-order valence-electron chi connectivity index (χ0n) is 15.4. The number of aromatic nitrogens is 5. The number of fused-ring (bicyclic) bond motifs is 1. The van der Waals surface area contributed by atoms with Crippen LogP contribution in [0, 0.1) is 13.8 Å². The van der Waals surface area contributed by atoms with Gasteiger partial charge >= 0.3 is 0 Å². The molecule has 0 amide bonds. The van der Waals surface area contributed by atoms with Gasteiger partial charge < -0.3 is 10.8 Å². The van der Waals surface area contributed by atoms with Gasteiger partial charge in [0, 0.05) is 14.9 Å². The summed E-state index contributed by atoms with van der Waals surface area (Å²) in [6.07, 6.45) is 0. The molecule has 0 aliphatic carbocycles. The molecule has 0 aliphatic heterocycles. The number of aryl methyl sites for hydroxylation is 2. The number of nitrogens with two attached hydrogens (primary N) is 1. The molecule has 3 N–H and O–H groups in total. The molecule has 7 nitrogen and oxygen atoms in total. The number of nitrogens with zero attached hydrogens (tertiary/aromatic N) is 4. The van der Waals surface area contributed by atoms with Gasteiger partial charge in [-0.1, -0.05) is 39.8 Å². The Balaban J connectivity index is 1.66. The van der Waals surface area contributed by atoms with E-state index in [9.17, 15) is 4.79 Å². The van der Waals surface area contributed by atoms with Gasteiger partial charge in [-0.2, -0.15) is 0 Å². The summed E-state index contributed by atoms with van der Waals surface area (Å²) in [6.45, 7) is 5.90. The Hall–Kier alpha value is -2.17. The lowest BCUT2D eigenvalue weighted by Crippen LogP contribution is -2.14. The van der Waals surface area contributed by atoms with E-state index in [-0.39, 0.29) is 10.8 Å². The summed E-state index contributed by atoms with van der Waals surface area (Å²) >= 11 is 6.44. The molecule has 0 aliphatic rings. The van der Waals surface area contributed by atoms with Crippen molar-refractivity contribution in [3.8, 4) is 11.4 Å². The summed E-state index contributed by atoms with van der Waals surface area (Å²) in [4.78, 5) is 21.9. The summed E-state index contributed by atoms with van der Waals surface area (Å²) in [5.41, 5.74) is 1.73. The lowest BCUT2D eigenvalue weighted by Gasteiger charge is -2.10. The Bertz CT molecular complexity index is 1240. The molecule has 0 saturated heterocycles. The van der Waals surface area contributed by atoms with E-state index in [1.165, 1.54) is 27.8 Å². The number of aromatic amines is 1. The minimum Gasteiger partial charge on any atom is -0.335 e. The van der Waals surface area contributed by atoms with Gasteiger partial charge in [-0.3, -0.25) is 4.79 Å². The Morgan fingerprint density at radius 1 is 1.29 bits per heavy atom. The van der Waals surface area contributed by atoms with E-state index < -0.39 is 0 Å². The van der Waals surface area contributed by atoms with Crippen LogP contribution in [0.2, 0.25) is 0 Å². The van der Waals surface area contributed by atoms with Gasteiger partial charge in [-0.15, -0.1) is 21.5 Å². The van der Waals surface area contributed by atoms with Crippen molar-refractivity contribution in [2.45, 2.75) is 31.2 Å². The Morgan fingerprint density at radius 2 is 2.04 bits per heavy atom. The van der Waals surface area contributed by atoms with Crippen LogP contribution in [-0.2, 0) is 0 Å². The predicted molar refractivity (Wildman–Crippen MR) is 117 cm³/mol. The van der Waals surface area contributed by atoms with Gasteiger partial charge in [0.2, 0.25) is 5.16 Å². The summed E-state index contributed by atoms with van der Waals surface area (Å²) in [7, 11) is 0. The standard InChI is InChI=1S/C18H17BrN6OS2/c1-8-9(2)27-17-13(8)16(26)21-14(22-17)10(3)28-18-24-23-15(25(18)20)11-6-4-5-7-12(11)19/h4-7,10H,20H2,1-3H3,(H,21,22,26)/t10-/m1/s1. The summed E-state index contributed by atoms with van der Waals surface area (Å²) in [6, 6.07) is 7.69. The molecule has 4 aromatic rings. The highest BCUT2D eigenvalue weighted by Crippen LogP contribution is 2.35. The van der Waals surface area contributed by atoms with Crippen LogP contribution in [0.1, 0.15) is 28.4 Å². The Kier molecular flexibility index (Phi) is 5.02. The van der Waals surface area contributed by atoms with Crippen LogP contribution in [0.3, 0.4) is 0 Å². The van der Waals surface area contributed by atoms with Gasteiger partial charge in [-0.25, -0.2) is 9.66 Å². The zero-order valence-corrected chi connectivity index (χ0v) is 18.6. The first-order chi connectivity index (χ1) is 13.4. The minimum atomic E-state index is -0.154. The topological polar surface area (TPSA) is 102 Å². The van der Waals surface area contributed by atoms with Gasteiger partial charge in [-0.05, 0) is 38.5 Å². The summed E-state index contributed by atoms with van der Waals surface area (Å²) in [5.74, 6) is 7.38. The number of benzene rings is 1. The summed E-state index contributed by atoms with van der Waals surface area (Å²) < 4.78 is 2.34. The third kappa shape index (κ3) is 3.25. The Labute approximate surface area is 177 Å². The minimum absolute atomic E-state index is 0.113. The number of rotatable bonds is 4. The maximum Gasteiger partial charge on any atom is 0.259 e. The number of hydrogen-bond acceptors (Lipinski definition) is 7. The lowest BCUT2D eigenvalue weighted by atomic mass is 10.2. The molecule has 0 fully saturated rings. The van der Waals surface area contributed by atoms with E-state index in [2.05, 4.69) is 36.1 Å². The number of thioether (sulfide) groups is 1. The van der Waals surface area contributed by atoms with Crippen LogP contribution in [0.4, 0.5) is 0 Å². The molecule has 144 valence electrons. The molecule has 4 rings (SSSR count). The van der Waals surface area contributed by atoms with Crippen molar-refractivity contribution in [3.05, 3.63) is 55.4 Å². The molecule has 28 heavy (non-hydrogen) atoms. The van der Waals surface area contributed by atoms with E-state index >= 15 is 0 Å². The smallest absolute Gasteiger partial charge is 0.259 e. The second-order valence-corrected chi connectivity index (χ2v) is 9.70. The van der Waals surface area contributed by atoms with Gasteiger partial charge in [0.05, 0.1) is 10.6 Å². The molecular formula is C18H17BrN6OS2. The van der Waals surface area contributed by atoms with Crippen LogP contribution in [0.5, 0.6) is 0 Å². The van der Waals surface area contributed by atoms with Crippen molar-refractivity contribution in [1.82, 2.24) is 24.8 Å². The van der Waals surface area contributed by atoms with Crippen molar-refractivity contribution in [1.29, 1.82) is 0 Å². The molecule has 1 aromatic carbocycles. The third-order valence-electron chi connectivity index (χ3n) is 4.50. The first kappa shape index (κ1) is 19.2. The van der Waals surface area contributed by atoms with E-state index in [1.54, 1.807) is 0 Å². The molecule has 0 bridgehead atoms. The van der Waals surface area contributed by atoms with Gasteiger partial charge in [0.25, 0.3) is 5.56 Å². The van der Waals surface area contributed by atoms with Crippen molar-refractivity contribution in [2.75, 3.05) is 5.84 Å². The van der Waals surface area contributed by atoms with E-state index in [1.807, 2.05) is 45.0 Å². The fourth-order valence-electron chi connectivity index (χ4n) is 2.86. The fraction of sp³-hybridized carbons (Fsp3) is 0.222. The molecule has 10 heteroatoms. The van der Waals surface area contributed by atoms with Crippen LogP contribution in [0.15, 0.2) is 38.7 Å². The maximum absolute atomic E-state index is 12.5. The molecule has 3 aromatic heterocycles. The third-order valence-corrected chi connectivity index (χ3v) is 7.36. The van der Waals surface area contributed by atoms with E-state index in [4.69, 9.17) is 5.84 Å². The monoisotopic (exact) mass is 476 g/mol. The SMILES string of the molecule is Cc1sc2nc([C@@H](C)Sc3nnc(-c4ccccc4Br)n3N)[nH]c(=O)c2c1C. The predicted octanol–water partition coefficient (Wildman–Crippen LogP) is 4.19. The van der Waals surface area contributed by atoms with Crippen molar-refractivity contribution in [3.63, 3.8) is 0 Å². The quantitative estimate of drug-likeness (QED) is 0.338. The molecule has 1 atom stereocenters. The van der Waals surface area contributed by atoms with Crippen molar-refractivity contribution >= 4 is 49.2 Å². The first-order valence-electron chi connectivity index (χ1n) is 8.48. The van der Waals surface area contributed by atoms with Crippen molar-refractivity contribution in [2.24, 2.45) is 0 Å². The zero-order chi connectivity index (χ0) is 20.0. The molecule has 0 unspecified atom stereocenters. The highest BCUT2D eigenvalue weighted by atomic mass is 79.9. The van der Waals surface area contributed by atoms with Gasteiger partial charge in [0.15, 0.2) is 5.82 Å². The number of hydrogen-bond donors (Lipinski definition) is 2. The van der Waals surface area contributed by atoms with Crippen LogP contribution in [0.25, 0.3) is 21.6 Å². The van der Waals surface area contributed by atoms with E-state index in [0.29, 0.717) is 22.2 Å². The van der Waals surface area contributed by atoms with Crippen molar-refractivity contribution < 1.29 is 0 Å². The molecular weight excluding hydrogens is 460 g/mol. The summed E-state index contributed by atoms with van der Waals surface area (Å²) in [5, 5.41) is 9.49. The maximum atomic E-state index is 12.5. The normalized spacial score (nSPS) is 12.6. The number of nitrogens with one attached hydrogen (secondary N) is 1. The molecule has 0 saturated carbocycles. The average Bonchev–Trinajstić information content (AvgIpc) is 3.15.